The Bertz CT molecular complexity index is 1130. The monoisotopic (exact) mass is 453 g/mol. The number of ether oxygens (including phenoxy) is 2. The van der Waals surface area contributed by atoms with Crippen LogP contribution in [0.15, 0.2) is 30.5 Å². The van der Waals surface area contributed by atoms with Gasteiger partial charge in [-0.15, -0.1) is 11.3 Å². The summed E-state index contributed by atoms with van der Waals surface area (Å²) < 4.78 is 12.6. The molecule has 1 aromatic carbocycles. The first-order chi connectivity index (χ1) is 15.4. The van der Waals surface area contributed by atoms with E-state index in [2.05, 4.69) is 16.5 Å². The summed E-state index contributed by atoms with van der Waals surface area (Å²) in [5.74, 6) is 0.0149. The Morgan fingerprint density at radius 1 is 1.16 bits per heavy atom. The summed E-state index contributed by atoms with van der Waals surface area (Å²) in [4.78, 5) is 26.6. The smallest absolute Gasteiger partial charge is 0.341 e. The minimum Gasteiger partial charge on any atom is -0.471 e. The molecule has 3 aromatic rings. The van der Waals surface area contributed by atoms with Crippen LogP contribution in [0, 0.1) is 13.8 Å². The highest BCUT2D eigenvalue weighted by molar-refractivity contribution is 7.17. The average Bonchev–Trinajstić information content (AvgIpc) is 3.36. The van der Waals surface area contributed by atoms with Gasteiger partial charge < -0.3 is 14.8 Å². The molecule has 1 aliphatic carbocycles. The third kappa shape index (κ3) is 4.85. The van der Waals surface area contributed by atoms with E-state index >= 15 is 0 Å². The van der Waals surface area contributed by atoms with Crippen molar-refractivity contribution in [2.75, 3.05) is 11.9 Å². The summed E-state index contributed by atoms with van der Waals surface area (Å²) in [5.41, 5.74) is 4.02. The van der Waals surface area contributed by atoms with Gasteiger partial charge in [0.15, 0.2) is 12.4 Å². The van der Waals surface area contributed by atoms with Crippen LogP contribution in [-0.2, 0) is 24.3 Å². The molecule has 1 amide bonds. The predicted octanol–water partition coefficient (Wildman–Crippen LogP) is 4.91. The lowest BCUT2D eigenvalue weighted by Crippen LogP contribution is -2.17. The Balaban J connectivity index is 1.47. The second-order valence-electron chi connectivity index (χ2n) is 7.93. The van der Waals surface area contributed by atoms with E-state index in [4.69, 9.17) is 9.47 Å². The normalized spacial score (nSPS) is 12.8. The average molecular weight is 454 g/mol. The number of nitrogens with one attached hydrogen (secondary N) is 1. The van der Waals surface area contributed by atoms with E-state index in [1.54, 1.807) is 23.9 Å². The van der Waals surface area contributed by atoms with E-state index in [1.165, 1.54) is 11.3 Å². The number of aromatic nitrogens is 2. The van der Waals surface area contributed by atoms with E-state index < -0.39 is 0 Å². The summed E-state index contributed by atoms with van der Waals surface area (Å²) >= 11 is 1.46. The van der Waals surface area contributed by atoms with Crippen molar-refractivity contribution < 1.29 is 19.1 Å². The van der Waals surface area contributed by atoms with E-state index in [0.717, 1.165) is 53.0 Å². The number of benzene rings is 1. The molecule has 1 N–H and O–H groups in total. The molecular formula is C24H27N3O4S. The first-order valence-electron chi connectivity index (χ1n) is 10.8. The molecule has 0 bridgehead atoms. The minimum absolute atomic E-state index is 0.192. The predicted molar refractivity (Wildman–Crippen MR) is 124 cm³/mol. The first-order valence-corrected chi connectivity index (χ1v) is 11.6. The number of nitrogens with zero attached hydrogens (tertiary/aromatic N) is 2. The highest BCUT2D eigenvalue weighted by Crippen LogP contribution is 2.38. The molecule has 32 heavy (non-hydrogen) atoms. The number of fused-ring (bicyclic) bond motifs is 1. The zero-order chi connectivity index (χ0) is 22.7. The van der Waals surface area contributed by atoms with Crippen molar-refractivity contribution in [3.63, 3.8) is 0 Å². The standard InChI is InChI=1S/C24H27N3O4S/c1-4-30-24(29)21-18-7-5-6-8-20(18)32-23(21)25-22(28)19-9-10-27(26-19)14-31-17-12-15(2)11-16(3)13-17/h9-13H,4-8,14H2,1-3H3,(H,25,28). The van der Waals surface area contributed by atoms with Crippen LogP contribution in [-0.4, -0.2) is 28.3 Å². The Labute approximate surface area is 191 Å². The van der Waals surface area contributed by atoms with Crippen molar-refractivity contribution in [3.05, 3.63) is 63.3 Å². The summed E-state index contributed by atoms with van der Waals surface area (Å²) in [6.45, 7) is 6.30. The van der Waals surface area contributed by atoms with E-state index in [-0.39, 0.29) is 24.3 Å². The summed E-state index contributed by atoms with van der Waals surface area (Å²) in [7, 11) is 0. The fourth-order valence-corrected chi connectivity index (χ4v) is 5.22. The Morgan fingerprint density at radius 2 is 1.91 bits per heavy atom. The van der Waals surface area contributed by atoms with Gasteiger partial charge in [-0.25, -0.2) is 9.48 Å². The Hall–Kier alpha value is -3.13. The molecule has 0 saturated carbocycles. The van der Waals surface area contributed by atoms with Gasteiger partial charge in [0.2, 0.25) is 0 Å². The summed E-state index contributed by atoms with van der Waals surface area (Å²) in [5, 5.41) is 7.76. The number of esters is 1. The van der Waals surface area contributed by atoms with Crippen molar-refractivity contribution in [2.24, 2.45) is 0 Å². The maximum atomic E-state index is 12.9. The van der Waals surface area contributed by atoms with Gasteiger partial charge in [0.25, 0.3) is 5.91 Å². The molecule has 0 spiro atoms. The van der Waals surface area contributed by atoms with Gasteiger partial charge in [-0.2, -0.15) is 5.10 Å². The van der Waals surface area contributed by atoms with Gasteiger partial charge in [0.05, 0.1) is 12.2 Å². The number of thiophene rings is 1. The Morgan fingerprint density at radius 3 is 2.66 bits per heavy atom. The summed E-state index contributed by atoms with van der Waals surface area (Å²) in [6, 6.07) is 7.63. The van der Waals surface area contributed by atoms with Crippen LogP contribution >= 0.6 is 11.3 Å². The Kier molecular flexibility index (Phi) is 6.60. The SMILES string of the molecule is CCOC(=O)c1c(NC(=O)c2ccn(COc3cc(C)cc(C)c3)n2)sc2c1CCCC2. The van der Waals surface area contributed by atoms with Gasteiger partial charge in [-0.3, -0.25) is 4.79 Å². The molecule has 0 aliphatic heterocycles. The van der Waals surface area contributed by atoms with Crippen LogP contribution in [0.5, 0.6) is 5.75 Å². The fourth-order valence-electron chi connectivity index (χ4n) is 3.95. The molecule has 8 heteroatoms. The van der Waals surface area contributed by atoms with Crippen LogP contribution < -0.4 is 10.1 Å². The molecular weight excluding hydrogens is 426 g/mol. The minimum atomic E-state index is -0.380. The second-order valence-corrected chi connectivity index (χ2v) is 9.03. The molecule has 0 saturated heterocycles. The van der Waals surface area contributed by atoms with Gasteiger partial charge >= 0.3 is 5.97 Å². The van der Waals surface area contributed by atoms with Crippen molar-refractivity contribution in [1.29, 1.82) is 0 Å². The molecule has 0 unspecified atom stereocenters. The number of amides is 1. The van der Waals surface area contributed by atoms with Crippen molar-refractivity contribution in [3.8, 4) is 5.75 Å². The number of hydrogen-bond acceptors (Lipinski definition) is 6. The van der Waals surface area contributed by atoms with Gasteiger partial charge in [-0.1, -0.05) is 6.07 Å². The van der Waals surface area contributed by atoms with Crippen LogP contribution in [0.25, 0.3) is 0 Å². The summed E-state index contributed by atoms with van der Waals surface area (Å²) in [6.07, 6.45) is 5.58. The largest absolute Gasteiger partial charge is 0.471 e. The quantitative estimate of drug-likeness (QED) is 0.514. The molecule has 0 atom stereocenters. The molecule has 2 aromatic heterocycles. The lowest BCUT2D eigenvalue weighted by atomic mass is 9.95. The molecule has 1 aliphatic rings. The first kappa shape index (κ1) is 22.1. The molecule has 4 rings (SSSR count). The van der Waals surface area contributed by atoms with Crippen LogP contribution in [0.3, 0.4) is 0 Å². The van der Waals surface area contributed by atoms with E-state index in [9.17, 15) is 9.59 Å². The zero-order valence-corrected chi connectivity index (χ0v) is 19.4. The third-order valence-corrected chi connectivity index (χ3v) is 6.52. The molecule has 0 radical (unpaired) electrons. The number of hydrogen-bond donors (Lipinski definition) is 1. The lowest BCUT2D eigenvalue weighted by Gasteiger charge is -2.12. The fraction of sp³-hybridized carbons (Fsp3) is 0.375. The second kappa shape index (κ2) is 9.56. The molecule has 7 nitrogen and oxygen atoms in total. The van der Waals surface area contributed by atoms with Gasteiger partial charge in [-0.05, 0) is 81.3 Å². The van der Waals surface area contributed by atoms with Crippen molar-refractivity contribution >= 4 is 28.2 Å². The van der Waals surface area contributed by atoms with Gasteiger partial charge in [0.1, 0.15) is 10.8 Å². The highest BCUT2D eigenvalue weighted by atomic mass is 32.1. The number of anilines is 1. The molecule has 0 fully saturated rings. The number of aryl methyl sites for hydroxylation is 3. The molecule has 2 heterocycles. The topological polar surface area (TPSA) is 82.5 Å². The van der Waals surface area contributed by atoms with Crippen molar-refractivity contribution in [1.82, 2.24) is 9.78 Å². The van der Waals surface area contributed by atoms with Crippen LogP contribution in [0.4, 0.5) is 5.00 Å². The van der Waals surface area contributed by atoms with Crippen molar-refractivity contribution in [2.45, 2.75) is 53.2 Å². The van der Waals surface area contributed by atoms with Gasteiger partial charge in [0, 0.05) is 11.1 Å². The molecule has 168 valence electrons. The third-order valence-electron chi connectivity index (χ3n) is 5.31. The zero-order valence-electron chi connectivity index (χ0n) is 18.6. The van der Waals surface area contributed by atoms with Crippen LogP contribution in [0.1, 0.15) is 62.2 Å². The number of carbonyl (C=O) groups excluding carboxylic acids is 2. The van der Waals surface area contributed by atoms with Crippen LogP contribution in [0.2, 0.25) is 0 Å². The maximum absolute atomic E-state index is 12.9. The van der Waals surface area contributed by atoms with E-state index in [0.29, 0.717) is 17.2 Å². The van der Waals surface area contributed by atoms with E-state index in [1.807, 2.05) is 26.0 Å². The highest BCUT2D eigenvalue weighted by Gasteiger charge is 2.27. The lowest BCUT2D eigenvalue weighted by molar-refractivity contribution is 0.0526. The number of carbonyl (C=O) groups is 2. The number of rotatable bonds is 7. The maximum Gasteiger partial charge on any atom is 0.341 e.